The van der Waals surface area contributed by atoms with E-state index in [0.717, 1.165) is 22.4 Å². The van der Waals surface area contributed by atoms with Gasteiger partial charge in [-0.2, -0.15) is 0 Å². The van der Waals surface area contributed by atoms with Crippen LogP contribution in [-0.4, -0.2) is 30.1 Å². The van der Waals surface area contributed by atoms with Crippen molar-refractivity contribution >= 4 is 41.3 Å². The Hall–Kier alpha value is -1.42. The van der Waals surface area contributed by atoms with Crippen LogP contribution in [0.3, 0.4) is 0 Å². The molecule has 0 atom stereocenters. The normalized spacial score (nSPS) is 10.9. The minimum absolute atomic E-state index is 0. The lowest BCUT2D eigenvalue weighted by Gasteiger charge is -2.11. The fourth-order valence-electron chi connectivity index (χ4n) is 1.97. The lowest BCUT2D eigenvalue weighted by molar-refractivity contribution is 0.396. The number of rotatable bonds is 5. The molecule has 0 aromatic carbocycles. The van der Waals surface area contributed by atoms with Gasteiger partial charge >= 0.3 is 0 Å². The van der Waals surface area contributed by atoms with Gasteiger partial charge in [0, 0.05) is 18.0 Å². The topological polar surface area (TPSA) is 71.4 Å². The highest BCUT2D eigenvalue weighted by Gasteiger charge is 2.06. The summed E-state index contributed by atoms with van der Waals surface area (Å²) in [6.07, 6.45) is 0. The number of guanidine groups is 1. The van der Waals surface area contributed by atoms with Crippen molar-refractivity contribution in [2.24, 2.45) is 4.99 Å². The number of pyridine rings is 1. The summed E-state index contributed by atoms with van der Waals surface area (Å²) in [6, 6.07) is 5.69. The highest BCUT2D eigenvalue weighted by Crippen LogP contribution is 2.16. The number of hydrogen-bond donors (Lipinski definition) is 2. The molecule has 8 heteroatoms. The molecule has 0 aliphatic rings. The molecule has 0 radical (unpaired) electrons. The molecule has 2 aromatic rings. The summed E-state index contributed by atoms with van der Waals surface area (Å²) in [5.41, 5.74) is 1.96. The molecule has 0 unspecified atom stereocenters. The van der Waals surface area contributed by atoms with Gasteiger partial charge in [-0.15, -0.1) is 35.3 Å². The molecule has 2 rings (SSSR count). The fraction of sp³-hybridized carbons (Fsp3) is 0.400. The zero-order valence-electron chi connectivity index (χ0n) is 13.7. The Bertz CT molecular complexity index is 659. The zero-order valence-corrected chi connectivity index (χ0v) is 16.9. The SMILES string of the molecule is CN=C(NCc1cccc(OC)n1)NCc1sc(C)nc1C.I. The summed E-state index contributed by atoms with van der Waals surface area (Å²) in [5.74, 6) is 1.34. The van der Waals surface area contributed by atoms with Gasteiger partial charge in [-0.3, -0.25) is 4.99 Å². The predicted octanol–water partition coefficient (Wildman–Crippen LogP) is 2.65. The molecule has 0 aliphatic carbocycles. The summed E-state index contributed by atoms with van der Waals surface area (Å²) < 4.78 is 5.12. The Labute approximate surface area is 157 Å². The van der Waals surface area contributed by atoms with Crippen LogP contribution in [0.5, 0.6) is 5.88 Å². The molecular formula is C15H22IN5OS. The summed E-state index contributed by atoms with van der Waals surface area (Å²) in [5, 5.41) is 7.61. The molecule has 0 aliphatic heterocycles. The van der Waals surface area contributed by atoms with Crippen LogP contribution >= 0.6 is 35.3 Å². The molecule has 0 amide bonds. The van der Waals surface area contributed by atoms with Gasteiger partial charge in [0.1, 0.15) is 0 Å². The van der Waals surface area contributed by atoms with Crippen molar-refractivity contribution in [2.45, 2.75) is 26.9 Å². The Balaban J connectivity index is 0.00000264. The average molecular weight is 447 g/mol. The van der Waals surface area contributed by atoms with Crippen molar-refractivity contribution in [3.63, 3.8) is 0 Å². The minimum Gasteiger partial charge on any atom is -0.481 e. The smallest absolute Gasteiger partial charge is 0.213 e. The summed E-state index contributed by atoms with van der Waals surface area (Å²) in [4.78, 5) is 14.2. The van der Waals surface area contributed by atoms with Crippen LogP contribution in [0, 0.1) is 13.8 Å². The Morgan fingerprint density at radius 3 is 2.57 bits per heavy atom. The first-order chi connectivity index (χ1) is 10.6. The molecule has 2 heterocycles. The van der Waals surface area contributed by atoms with Crippen LogP contribution in [0.1, 0.15) is 21.3 Å². The van der Waals surface area contributed by atoms with E-state index in [2.05, 4.69) is 25.6 Å². The van der Waals surface area contributed by atoms with Crippen molar-refractivity contribution in [3.05, 3.63) is 39.5 Å². The van der Waals surface area contributed by atoms with Gasteiger partial charge in [-0.05, 0) is 19.9 Å². The standard InChI is InChI=1S/C15H21N5OS.HI/c1-10-13(22-11(2)19-10)9-18-15(16-3)17-8-12-6-5-7-14(20-12)21-4;/h5-7H,8-9H2,1-4H3,(H2,16,17,18);1H. The Morgan fingerprint density at radius 1 is 1.22 bits per heavy atom. The second-order valence-corrected chi connectivity index (χ2v) is 5.98. The molecule has 0 fully saturated rings. The number of thiazole rings is 1. The number of aromatic nitrogens is 2. The zero-order chi connectivity index (χ0) is 15.9. The second-order valence-electron chi connectivity index (χ2n) is 4.69. The van der Waals surface area contributed by atoms with Crippen molar-refractivity contribution in [2.75, 3.05) is 14.2 Å². The molecule has 0 spiro atoms. The van der Waals surface area contributed by atoms with Crippen molar-refractivity contribution in [3.8, 4) is 5.88 Å². The van der Waals surface area contributed by atoms with Gasteiger partial charge in [0.25, 0.3) is 0 Å². The number of nitrogens with zero attached hydrogens (tertiary/aromatic N) is 3. The maximum Gasteiger partial charge on any atom is 0.213 e. The fourth-order valence-corrected chi connectivity index (χ4v) is 2.84. The van der Waals surface area contributed by atoms with Crippen LogP contribution < -0.4 is 15.4 Å². The second kappa shape index (κ2) is 9.66. The molecule has 23 heavy (non-hydrogen) atoms. The summed E-state index contributed by atoms with van der Waals surface area (Å²) >= 11 is 1.70. The maximum absolute atomic E-state index is 5.12. The first kappa shape index (κ1) is 19.6. The van der Waals surface area contributed by atoms with Gasteiger partial charge in [-0.25, -0.2) is 9.97 Å². The van der Waals surface area contributed by atoms with Crippen LogP contribution in [0.4, 0.5) is 0 Å². The lowest BCUT2D eigenvalue weighted by atomic mass is 10.3. The highest BCUT2D eigenvalue weighted by atomic mass is 127. The molecule has 0 bridgehead atoms. The molecule has 6 nitrogen and oxygen atoms in total. The number of aliphatic imine (C=N–C) groups is 1. The van der Waals surface area contributed by atoms with Gasteiger partial charge in [-0.1, -0.05) is 6.07 Å². The highest BCUT2D eigenvalue weighted by molar-refractivity contribution is 14.0. The first-order valence-corrected chi connectivity index (χ1v) is 7.81. The van der Waals surface area contributed by atoms with Crippen LogP contribution in [-0.2, 0) is 13.1 Å². The number of methoxy groups -OCH3 is 1. The minimum atomic E-state index is 0. The van der Waals surface area contributed by atoms with E-state index in [0.29, 0.717) is 19.0 Å². The number of hydrogen-bond acceptors (Lipinski definition) is 5. The van der Waals surface area contributed by atoms with Crippen molar-refractivity contribution in [1.29, 1.82) is 0 Å². The number of nitrogens with one attached hydrogen (secondary N) is 2. The van der Waals surface area contributed by atoms with Crippen LogP contribution in [0.15, 0.2) is 23.2 Å². The van der Waals surface area contributed by atoms with E-state index in [1.807, 2.05) is 32.0 Å². The molecular weight excluding hydrogens is 425 g/mol. The monoisotopic (exact) mass is 447 g/mol. The van der Waals surface area contributed by atoms with E-state index in [1.165, 1.54) is 4.88 Å². The number of ether oxygens (including phenoxy) is 1. The van der Waals surface area contributed by atoms with E-state index in [4.69, 9.17) is 4.74 Å². The summed E-state index contributed by atoms with van der Waals surface area (Å²) in [7, 11) is 3.36. The number of aryl methyl sites for hydroxylation is 2. The van der Waals surface area contributed by atoms with Gasteiger partial charge in [0.05, 0.1) is 36.6 Å². The third kappa shape index (κ3) is 5.94. The van der Waals surface area contributed by atoms with E-state index in [-0.39, 0.29) is 24.0 Å². The molecule has 0 saturated heterocycles. The van der Waals surface area contributed by atoms with Crippen LogP contribution in [0.25, 0.3) is 0 Å². The van der Waals surface area contributed by atoms with E-state index in [9.17, 15) is 0 Å². The summed E-state index contributed by atoms with van der Waals surface area (Å²) in [6.45, 7) is 5.33. The third-order valence-corrected chi connectivity index (χ3v) is 4.14. The number of halogens is 1. The molecule has 126 valence electrons. The van der Waals surface area contributed by atoms with Gasteiger partial charge < -0.3 is 15.4 Å². The van der Waals surface area contributed by atoms with Crippen LogP contribution in [0.2, 0.25) is 0 Å². The molecule has 2 aromatic heterocycles. The third-order valence-electron chi connectivity index (χ3n) is 3.07. The van der Waals surface area contributed by atoms with Gasteiger partial charge in [0.15, 0.2) is 5.96 Å². The van der Waals surface area contributed by atoms with E-state index < -0.39 is 0 Å². The van der Waals surface area contributed by atoms with Crippen molar-refractivity contribution in [1.82, 2.24) is 20.6 Å². The molecule has 0 saturated carbocycles. The maximum atomic E-state index is 5.12. The predicted molar refractivity (Wildman–Crippen MR) is 105 cm³/mol. The lowest BCUT2D eigenvalue weighted by Crippen LogP contribution is -2.36. The first-order valence-electron chi connectivity index (χ1n) is 6.99. The van der Waals surface area contributed by atoms with E-state index >= 15 is 0 Å². The molecule has 2 N–H and O–H groups in total. The van der Waals surface area contributed by atoms with E-state index in [1.54, 1.807) is 25.5 Å². The Morgan fingerprint density at radius 2 is 1.96 bits per heavy atom. The van der Waals surface area contributed by atoms with Gasteiger partial charge in [0.2, 0.25) is 5.88 Å². The van der Waals surface area contributed by atoms with Crippen molar-refractivity contribution < 1.29 is 4.74 Å². The quantitative estimate of drug-likeness (QED) is 0.419. The average Bonchev–Trinajstić information content (AvgIpc) is 2.85. The Kier molecular flexibility index (Phi) is 8.24. The largest absolute Gasteiger partial charge is 0.481 e.